The van der Waals surface area contributed by atoms with E-state index in [-0.39, 0.29) is 6.54 Å². The molecule has 0 fully saturated rings. The van der Waals surface area contributed by atoms with Crippen LogP contribution >= 0.6 is 0 Å². The molecule has 2 aromatic heterocycles. The number of likely N-dealkylation sites (N-methyl/N-ethyl adjacent to an activating group) is 1. The van der Waals surface area contributed by atoms with Crippen molar-refractivity contribution >= 4 is 11.9 Å². The Morgan fingerprint density at radius 2 is 1.86 bits per heavy atom. The van der Waals surface area contributed by atoms with Gasteiger partial charge >= 0.3 is 5.97 Å². The molecule has 0 radical (unpaired) electrons. The van der Waals surface area contributed by atoms with Crippen LogP contribution in [0.25, 0.3) is 0 Å². The van der Waals surface area contributed by atoms with Crippen LogP contribution < -0.4 is 10.2 Å². The lowest BCUT2D eigenvalue weighted by molar-refractivity contribution is -0.135. The molecule has 0 spiro atoms. The van der Waals surface area contributed by atoms with E-state index in [1.807, 2.05) is 6.92 Å². The van der Waals surface area contributed by atoms with Gasteiger partial charge in [-0.15, -0.1) is 0 Å². The van der Waals surface area contributed by atoms with Crippen molar-refractivity contribution < 1.29 is 9.90 Å². The number of hydrogen-bond acceptors (Lipinski definition) is 7. The van der Waals surface area contributed by atoms with E-state index in [0.717, 1.165) is 17.0 Å². The Morgan fingerprint density at radius 1 is 1.14 bits per heavy atom. The molecule has 0 unspecified atom stereocenters. The lowest BCUT2D eigenvalue weighted by Crippen LogP contribution is -2.26. The minimum absolute atomic E-state index is 0.135. The summed E-state index contributed by atoms with van der Waals surface area (Å²) in [6, 6.07) is 0. The molecular weight excluding hydrogens is 284 g/mol. The van der Waals surface area contributed by atoms with E-state index in [2.05, 4.69) is 25.3 Å². The lowest BCUT2D eigenvalue weighted by atomic mass is 10.3. The molecule has 0 saturated heterocycles. The quantitative estimate of drug-likeness (QED) is 0.756. The second-order valence-corrected chi connectivity index (χ2v) is 4.89. The highest BCUT2D eigenvalue weighted by Crippen LogP contribution is 2.05. The van der Waals surface area contributed by atoms with E-state index < -0.39 is 5.97 Å². The van der Waals surface area contributed by atoms with Crippen LogP contribution in [0.2, 0.25) is 0 Å². The first kappa shape index (κ1) is 15.8. The highest BCUT2D eigenvalue weighted by Gasteiger charge is 2.08. The zero-order chi connectivity index (χ0) is 15.9. The Hall–Kier alpha value is -2.61. The lowest BCUT2D eigenvalue weighted by Gasteiger charge is -2.14. The summed E-state index contributed by atoms with van der Waals surface area (Å²) >= 11 is 0. The van der Waals surface area contributed by atoms with Crippen molar-refractivity contribution in [2.75, 3.05) is 18.5 Å². The monoisotopic (exact) mass is 302 g/mol. The van der Waals surface area contributed by atoms with Crippen LogP contribution in [0.3, 0.4) is 0 Å². The molecule has 0 aliphatic rings. The van der Waals surface area contributed by atoms with Gasteiger partial charge in [0.05, 0.1) is 11.4 Å². The summed E-state index contributed by atoms with van der Waals surface area (Å²) in [4.78, 5) is 28.8. The minimum atomic E-state index is -0.920. The van der Waals surface area contributed by atoms with Gasteiger partial charge < -0.3 is 15.3 Å². The SMILES string of the molecule is Cc1cnc(CNCc2cnc(N(C)CC(=O)O)nc2)cn1. The zero-order valence-corrected chi connectivity index (χ0v) is 12.5. The van der Waals surface area contributed by atoms with Gasteiger partial charge in [-0.2, -0.15) is 0 Å². The van der Waals surface area contributed by atoms with E-state index in [1.54, 1.807) is 31.8 Å². The standard InChI is InChI=1S/C14H18N6O2/c1-10-3-17-12(8-16-10)7-15-4-11-5-18-14(19-6-11)20(2)9-13(21)22/h3,5-6,8,15H,4,7,9H2,1-2H3,(H,21,22). The number of nitrogens with one attached hydrogen (secondary N) is 1. The fourth-order valence-electron chi connectivity index (χ4n) is 1.76. The van der Waals surface area contributed by atoms with Gasteiger partial charge in [0.2, 0.25) is 5.95 Å². The van der Waals surface area contributed by atoms with Crippen molar-refractivity contribution in [1.29, 1.82) is 0 Å². The molecule has 0 saturated carbocycles. The number of carboxylic acid groups (broad SMARTS) is 1. The van der Waals surface area contributed by atoms with E-state index in [0.29, 0.717) is 19.0 Å². The predicted molar refractivity (Wildman–Crippen MR) is 80.3 cm³/mol. The Morgan fingerprint density at radius 3 is 2.45 bits per heavy atom. The molecule has 0 atom stereocenters. The molecule has 2 heterocycles. The van der Waals surface area contributed by atoms with E-state index in [1.165, 1.54) is 4.90 Å². The maximum absolute atomic E-state index is 10.6. The molecule has 0 amide bonds. The number of aromatic nitrogens is 4. The molecule has 2 rings (SSSR count). The van der Waals surface area contributed by atoms with Gasteiger partial charge in [0.1, 0.15) is 6.54 Å². The molecule has 0 bridgehead atoms. The van der Waals surface area contributed by atoms with E-state index >= 15 is 0 Å². The van der Waals surface area contributed by atoms with E-state index in [4.69, 9.17) is 5.11 Å². The van der Waals surface area contributed by atoms with Gasteiger partial charge in [0.15, 0.2) is 0 Å². The Labute approximate surface area is 128 Å². The first-order valence-electron chi connectivity index (χ1n) is 6.76. The number of carboxylic acids is 1. The molecule has 22 heavy (non-hydrogen) atoms. The number of hydrogen-bond donors (Lipinski definition) is 2. The highest BCUT2D eigenvalue weighted by molar-refractivity contribution is 5.72. The number of anilines is 1. The van der Waals surface area contributed by atoms with Crippen LogP contribution in [0.5, 0.6) is 0 Å². The van der Waals surface area contributed by atoms with E-state index in [9.17, 15) is 4.79 Å². The maximum atomic E-state index is 10.6. The number of rotatable bonds is 7. The van der Waals surface area contributed by atoms with Crippen LogP contribution in [0.1, 0.15) is 17.0 Å². The van der Waals surface area contributed by atoms with Crippen molar-refractivity contribution in [3.05, 3.63) is 41.7 Å². The summed E-state index contributed by atoms with van der Waals surface area (Å²) in [5.74, 6) is -0.536. The molecule has 2 aromatic rings. The van der Waals surface area contributed by atoms with Crippen molar-refractivity contribution in [2.24, 2.45) is 0 Å². The topological polar surface area (TPSA) is 104 Å². The molecule has 116 valence electrons. The van der Waals surface area contributed by atoms with Gasteiger partial charge in [-0.1, -0.05) is 0 Å². The first-order valence-corrected chi connectivity index (χ1v) is 6.76. The highest BCUT2D eigenvalue weighted by atomic mass is 16.4. The number of carbonyl (C=O) groups is 1. The predicted octanol–water partition coefficient (Wildman–Crippen LogP) is 0.386. The van der Waals surface area contributed by atoms with Crippen molar-refractivity contribution in [1.82, 2.24) is 25.3 Å². The number of aliphatic carboxylic acids is 1. The Bertz CT molecular complexity index is 614. The van der Waals surface area contributed by atoms with Crippen LogP contribution in [0.4, 0.5) is 5.95 Å². The zero-order valence-electron chi connectivity index (χ0n) is 12.5. The summed E-state index contributed by atoms with van der Waals surface area (Å²) in [6.45, 7) is 2.96. The largest absolute Gasteiger partial charge is 0.480 e. The van der Waals surface area contributed by atoms with Crippen molar-refractivity contribution in [2.45, 2.75) is 20.0 Å². The van der Waals surface area contributed by atoms with Gasteiger partial charge in [-0.05, 0) is 6.92 Å². The van der Waals surface area contributed by atoms with Crippen molar-refractivity contribution in [3.8, 4) is 0 Å². The maximum Gasteiger partial charge on any atom is 0.323 e. The molecule has 2 N–H and O–H groups in total. The minimum Gasteiger partial charge on any atom is -0.480 e. The third-order valence-corrected chi connectivity index (χ3v) is 2.88. The molecular formula is C14H18N6O2. The molecule has 0 aromatic carbocycles. The summed E-state index contributed by atoms with van der Waals surface area (Å²) in [6.07, 6.45) is 6.82. The molecule has 0 aliphatic carbocycles. The molecule has 0 aliphatic heterocycles. The number of aryl methyl sites for hydroxylation is 1. The summed E-state index contributed by atoms with van der Waals surface area (Å²) in [7, 11) is 1.64. The normalized spacial score (nSPS) is 10.5. The Kier molecular flexibility index (Phi) is 5.31. The summed E-state index contributed by atoms with van der Waals surface area (Å²) in [5.41, 5.74) is 2.66. The third-order valence-electron chi connectivity index (χ3n) is 2.88. The fourth-order valence-corrected chi connectivity index (χ4v) is 1.76. The average molecular weight is 302 g/mol. The van der Waals surface area contributed by atoms with Crippen LogP contribution in [0.15, 0.2) is 24.8 Å². The molecule has 8 heteroatoms. The number of nitrogens with zero attached hydrogens (tertiary/aromatic N) is 5. The van der Waals surface area contributed by atoms with Crippen LogP contribution in [-0.4, -0.2) is 44.6 Å². The fraction of sp³-hybridized carbons (Fsp3) is 0.357. The first-order chi connectivity index (χ1) is 10.5. The van der Waals surface area contributed by atoms with Gasteiger partial charge in [0, 0.05) is 50.5 Å². The summed E-state index contributed by atoms with van der Waals surface area (Å²) in [5, 5.41) is 12.0. The summed E-state index contributed by atoms with van der Waals surface area (Å²) < 4.78 is 0. The van der Waals surface area contributed by atoms with Crippen LogP contribution in [0, 0.1) is 6.92 Å². The third kappa shape index (κ3) is 4.74. The Balaban J connectivity index is 1.83. The van der Waals surface area contributed by atoms with Gasteiger partial charge in [-0.3, -0.25) is 14.8 Å². The second kappa shape index (κ2) is 7.41. The van der Waals surface area contributed by atoms with Crippen molar-refractivity contribution in [3.63, 3.8) is 0 Å². The smallest absolute Gasteiger partial charge is 0.323 e. The molecule has 8 nitrogen and oxygen atoms in total. The second-order valence-electron chi connectivity index (χ2n) is 4.89. The van der Waals surface area contributed by atoms with Crippen LogP contribution in [-0.2, 0) is 17.9 Å². The average Bonchev–Trinajstić information content (AvgIpc) is 2.49. The van der Waals surface area contributed by atoms with Gasteiger partial charge in [0.25, 0.3) is 0 Å². The van der Waals surface area contributed by atoms with Gasteiger partial charge in [-0.25, -0.2) is 9.97 Å².